The summed E-state index contributed by atoms with van der Waals surface area (Å²) >= 11 is 1.17. The second-order valence-electron chi connectivity index (χ2n) is 4.31. The van der Waals surface area contributed by atoms with E-state index >= 15 is 0 Å². The summed E-state index contributed by atoms with van der Waals surface area (Å²) in [5, 5.41) is 11.9. The largest absolute Gasteiger partial charge is 0.477 e. The third-order valence-electron chi connectivity index (χ3n) is 2.93. The number of carboxylic acid groups (broad SMARTS) is 1. The summed E-state index contributed by atoms with van der Waals surface area (Å²) in [5.74, 6) is -0.937. The fraction of sp³-hybridized carbons (Fsp3) is 0. The Balaban J connectivity index is 1.87. The Labute approximate surface area is 119 Å². The van der Waals surface area contributed by atoms with Gasteiger partial charge in [-0.25, -0.2) is 9.78 Å². The van der Waals surface area contributed by atoms with Crippen LogP contribution < -0.4 is 0 Å². The molecule has 1 heterocycles. The minimum atomic E-state index is -0.937. The number of hydrogen-bond donors (Lipinski definition) is 1. The van der Waals surface area contributed by atoms with Gasteiger partial charge in [-0.05, 0) is 28.5 Å². The molecule has 0 saturated heterocycles. The molecule has 3 rings (SSSR count). The quantitative estimate of drug-likeness (QED) is 0.784. The molecule has 20 heavy (non-hydrogen) atoms. The van der Waals surface area contributed by atoms with Crippen molar-refractivity contribution < 1.29 is 9.90 Å². The number of rotatable bonds is 3. The summed E-state index contributed by atoms with van der Waals surface area (Å²) in [5.41, 5.74) is 1.07. The number of benzene rings is 2. The van der Waals surface area contributed by atoms with Crippen LogP contribution in [0.25, 0.3) is 22.9 Å². The average molecular weight is 281 g/mol. The van der Waals surface area contributed by atoms with Gasteiger partial charge in [0, 0.05) is 0 Å². The lowest BCUT2D eigenvalue weighted by molar-refractivity contribution is 0.0702. The van der Waals surface area contributed by atoms with Gasteiger partial charge in [-0.1, -0.05) is 42.5 Å². The van der Waals surface area contributed by atoms with Crippen molar-refractivity contribution in [2.75, 3.05) is 0 Å². The molecule has 1 N–H and O–H groups in total. The molecular weight excluding hydrogens is 270 g/mol. The molecule has 1 aromatic heterocycles. The molecule has 0 spiro atoms. The van der Waals surface area contributed by atoms with E-state index in [-0.39, 0.29) is 4.88 Å². The van der Waals surface area contributed by atoms with Gasteiger partial charge in [0.1, 0.15) is 9.88 Å². The number of carbonyl (C=O) groups is 1. The molecule has 0 saturated carbocycles. The maximum absolute atomic E-state index is 10.8. The molecular formula is C16H11NO2S. The van der Waals surface area contributed by atoms with Gasteiger partial charge in [-0.2, -0.15) is 0 Å². The monoisotopic (exact) mass is 281 g/mol. The van der Waals surface area contributed by atoms with Crippen LogP contribution in [-0.4, -0.2) is 16.1 Å². The van der Waals surface area contributed by atoms with E-state index in [1.807, 2.05) is 30.4 Å². The van der Waals surface area contributed by atoms with E-state index < -0.39 is 5.97 Å². The van der Waals surface area contributed by atoms with E-state index in [2.05, 4.69) is 29.2 Å². The standard InChI is InChI=1S/C16H11NO2S/c18-16(19)14-10-17-15(20-14)8-6-11-5-7-12-3-1-2-4-13(12)9-11/h1-10H,(H,18,19)/b8-6+. The highest BCUT2D eigenvalue weighted by molar-refractivity contribution is 7.14. The molecule has 0 bridgehead atoms. The van der Waals surface area contributed by atoms with Crippen molar-refractivity contribution in [3.05, 3.63) is 64.1 Å². The maximum Gasteiger partial charge on any atom is 0.347 e. The summed E-state index contributed by atoms with van der Waals surface area (Å²) in [6.07, 6.45) is 5.16. The van der Waals surface area contributed by atoms with Gasteiger partial charge in [0.15, 0.2) is 0 Å². The summed E-state index contributed by atoms with van der Waals surface area (Å²) in [6.45, 7) is 0. The zero-order valence-corrected chi connectivity index (χ0v) is 11.3. The van der Waals surface area contributed by atoms with Crippen molar-refractivity contribution in [1.29, 1.82) is 0 Å². The Morgan fingerprint density at radius 3 is 2.65 bits per heavy atom. The van der Waals surface area contributed by atoms with Crippen LogP contribution in [0.2, 0.25) is 0 Å². The third kappa shape index (κ3) is 2.60. The Bertz CT molecular complexity index is 805. The number of hydrogen-bond acceptors (Lipinski definition) is 3. The van der Waals surface area contributed by atoms with E-state index in [1.165, 1.54) is 28.3 Å². The van der Waals surface area contributed by atoms with Gasteiger partial charge in [0.2, 0.25) is 0 Å². The van der Waals surface area contributed by atoms with Gasteiger partial charge in [0.05, 0.1) is 6.20 Å². The van der Waals surface area contributed by atoms with Crippen LogP contribution in [0.5, 0.6) is 0 Å². The highest BCUT2D eigenvalue weighted by Gasteiger charge is 2.06. The normalized spacial score (nSPS) is 11.2. The van der Waals surface area contributed by atoms with E-state index in [0.29, 0.717) is 5.01 Å². The van der Waals surface area contributed by atoms with E-state index in [4.69, 9.17) is 5.11 Å². The van der Waals surface area contributed by atoms with E-state index in [9.17, 15) is 4.79 Å². The van der Waals surface area contributed by atoms with E-state index in [0.717, 1.165) is 5.56 Å². The Hall–Kier alpha value is -2.46. The van der Waals surface area contributed by atoms with Crippen LogP contribution in [-0.2, 0) is 0 Å². The molecule has 0 aliphatic rings. The van der Waals surface area contributed by atoms with Crippen molar-refractivity contribution in [2.45, 2.75) is 0 Å². The summed E-state index contributed by atoms with van der Waals surface area (Å²) in [4.78, 5) is 15.1. The summed E-state index contributed by atoms with van der Waals surface area (Å²) < 4.78 is 0. The zero-order chi connectivity index (χ0) is 13.9. The lowest BCUT2D eigenvalue weighted by Gasteiger charge is -1.98. The van der Waals surface area contributed by atoms with Crippen LogP contribution >= 0.6 is 11.3 Å². The van der Waals surface area contributed by atoms with Crippen molar-refractivity contribution >= 4 is 40.2 Å². The molecule has 0 aliphatic heterocycles. The van der Waals surface area contributed by atoms with Crippen LogP contribution in [0.3, 0.4) is 0 Å². The number of nitrogens with zero attached hydrogens (tertiary/aromatic N) is 1. The second kappa shape index (κ2) is 5.27. The topological polar surface area (TPSA) is 50.2 Å². The zero-order valence-electron chi connectivity index (χ0n) is 10.5. The molecule has 3 nitrogen and oxygen atoms in total. The highest BCUT2D eigenvalue weighted by atomic mass is 32.1. The Morgan fingerprint density at radius 1 is 1.10 bits per heavy atom. The summed E-state index contributed by atoms with van der Waals surface area (Å²) in [7, 11) is 0. The first-order valence-electron chi connectivity index (χ1n) is 6.08. The smallest absolute Gasteiger partial charge is 0.347 e. The second-order valence-corrected chi connectivity index (χ2v) is 5.37. The van der Waals surface area contributed by atoms with Crippen LogP contribution in [0.4, 0.5) is 0 Å². The van der Waals surface area contributed by atoms with Gasteiger partial charge in [0.25, 0.3) is 0 Å². The maximum atomic E-state index is 10.8. The van der Waals surface area contributed by atoms with Crippen LogP contribution in [0.1, 0.15) is 20.2 Å². The highest BCUT2D eigenvalue weighted by Crippen LogP contribution is 2.19. The number of aromatic nitrogens is 1. The minimum Gasteiger partial charge on any atom is -0.477 e. The van der Waals surface area contributed by atoms with Crippen LogP contribution in [0.15, 0.2) is 48.7 Å². The molecule has 4 heteroatoms. The molecule has 0 atom stereocenters. The Kier molecular flexibility index (Phi) is 3.31. The molecule has 0 amide bonds. The lowest BCUT2D eigenvalue weighted by atomic mass is 10.1. The molecule has 0 unspecified atom stereocenters. The van der Waals surface area contributed by atoms with Gasteiger partial charge in [-0.3, -0.25) is 0 Å². The fourth-order valence-corrected chi connectivity index (χ4v) is 2.60. The minimum absolute atomic E-state index is 0.253. The predicted molar refractivity (Wildman–Crippen MR) is 81.9 cm³/mol. The molecule has 98 valence electrons. The van der Waals surface area contributed by atoms with E-state index in [1.54, 1.807) is 0 Å². The predicted octanol–water partition coefficient (Wildman–Crippen LogP) is 4.16. The first-order chi connectivity index (χ1) is 9.72. The van der Waals surface area contributed by atoms with Gasteiger partial charge >= 0.3 is 5.97 Å². The Morgan fingerprint density at radius 2 is 1.90 bits per heavy atom. The SMILES string of the molecule is O=C(O)c1cnc(/C=C/c2ccc3ccccc3c2)s1. The van der Waals surface area contributed by atoms with Crippen molar-refractivity contribution in [2.24, 2.45) is 0 Å². The van der Waals surface area contributed by atoms with Gasteiger partial charge < -0.3 is 5.11 Å². The van der Waals surface area contributed by atoms with Gasteiger partial charge in [-0.15, -0.1) is 11.3 Å². The fourth-order valence-electron chi connectivity index (χ4n) is 1.94. The molecule has 0 aliphatic carbocycles. The lowest BCUT2D eigenvalue weighted by Crippen LogP contribution is -1.89. The van der Waals surface area contributed by atoms with Crippen LogP contribution in [0, 0.1) is 0 Å². The summed E-state index contributed by atoms with van der Waals surface area (Å²) in [6, 6.07) is 14.4. The molecule has 0 radical (unpaired) electrons. The average Bonchev–Trinajstić information content (AvgIpc) is 2.94. The number of thiazole rings is 1. The van der Waals surface area contributed by atoms with Crippen molar-refractivity contribution in [3.8, 4) is 0 Å². The number of carboxylic acids is 1. The van der Waals surface area contributed by atoms with Crippen molar-refractivity contribution in [1.82, 2.24) is 4.98 Å². The number of aromatic carboxylic acids is 1. The first kappa shape index (κ1) is 12.6. The molecule has 0 fully saturated rings. The van der Waals surface area contributed by atoms with Crippen molar-refractivity contribution in [3.63, 3.8) is 0 Å². The molecule has 3 aromatic rings. The first-order valence-corrected chi connectivity index (χ1v) is 6.90. The third-order valence-corrected chi connectivity index (χ3v) is 3.88. The number of fused-ring (bicyclic) bond motifs is 1. The molecule has 2 aromatic carbocycles.